The van der Waals surface area contributed by atoms with Crippen molar-refractivity contribution >= 4 is 16.9 Å². The molecule has 3 nitrogen and oxygen atoms in total. The number of rotatable bonds is 10. The first-order valence-corrected chi connectivity index (χ1v) is 11.8. The van der Waals surface area contributed by atoms with Crippen LogP contribution in [0, 0.1) is 11.8 Å². The molecular weight excluding hydrogens is 378 g/mol. The first kappa shape index (κ1) is 21.5. The van der Waals surface area contributed by atoms with Crippen molar-refractivity contribution in [2.24, 2.45) is 11.8 Å². The van der Waals surface area contributed by atoms with Gasteiger partial charge in [-0.3, -0.25) is 5.01 Å². The maximum absolute atomic E-state index is 4.39. The zero-order valence-corrected chi connectivity index (χ0v) is 19.5. The molecule has 3 heteroatoms. The molecule has 4 rings (SSSR count). The number of anilines is 2. The molecule has 1 aliphatic heterocycles. The van der Waals surface area contributed by atoms with Crippen molar-refractivity contribution in [1.82, 2.24) is 5.43 Å². The van der Waals surface area contributed by atoms with E-state index in [2.05, 4.69) is 85.9 Å². The standard InChI is InChI=1S/C28H37N3/c1-6-22(10-11-23-12-13-23)9-8-20(3)21(4)30(5)25-16-17-28-26(18-25)27(24-14-15-24)19-29-31(28)7-2/h6,8-9,16-19,23-24,29H,1,4,7,10-15H2,2-3,5H3/b20-8+,22-9+. The van der Waals surface area contributed by atoms with Crippen LogP contribution >= 0.6 is 0 Å². The van der Waals surface area contributed by atoms with Crippen molar-refractivity contribution in [3.63, 3.8) is 0 Å². The fourth-order valence-corrected chi connectivity index (χ4v) is 4.27. The number of nitrogens with one attached hydrogen (secondary N) is 1. The summed E-state index contributed by atoms with van der Waals surface area (Å²) in [6.45, 7) is 13.7. The normalized spacial score (nSPS) is 18.8. The van der Waals surface area contributed by atoms with E-state index in [1.165, 1.54) is 65.8 Å². The largest absolute Gasteiger partial charge is 0.345 e. The highest BCUT2D eigenvalue weighted by Gasteiger charge is 2.31. The fourth-order valence-electron chi connectivity index (χ4n) is 4.27. The van der Waals surface area contributed by atoms with Gasteiger partial charge in [0.15, 0.2) is 0 Å². The Balaban J connectivity index is 1.51. The summed E-state index contributed by atoms with van der Waals surface area (Å²) in [5.41, 5.74) is 12.2. The first-order chi connectivity index (χ1) is 15.0. The summed E-state index contributed by atoms with van der Waals surface area (Å²) in [5.74, 6) is 1.65. The molecule has 1 aromatic carbocycles. The lowest BCUT2D eigenvalue weighted by atomic mass is 9.97. The summed E-state index contributed by atoms with van der Waals surface area (Å²) >= 11 is 0. The van der Waals surface area contributed by atoms with Crippen LogP contribution in [0.25, 0.3) is 5.57 Å². The van der Waals surface area contributed by atoms with Crippen molar-refractivity contribution in [2.75, 3.05) is 23.5 Å². The molecule has 2 fully saturated rings. The second kappa shape index (κ2) is 9.21. The number of allylic oxidation sites excluding steroid dienone is 6. The maximum atomic E-state index is 4.39. The Morgan fingerprint density at radius 3 is 2.65 bits per heavy atom. The Labute approximate surface area is 188 Å². The molecule has 0 atom stereocenters. The second-order valence-corrected chi connectivity index (χ2v) is 9.23. The van der Waals surface area contributed by atoms with Gasteiger partial charge in [-0.1, -0.05) is 44.2 Å². The van der Waals surface area contributed by atoms with Gasteiger partial charge in [0.25, 0.3) is 0 Å². The van der Waals surface area contributed by atoms with Crippen LogP contribution in [0.3, 0.4) is 0 Å². The molecule has 0 spiro atoms. The van der Waals surface area contributed by atoms with E-state index in [0.29, 0.717) is 5.92 Å². The van der Waals surface area contributed by atoms with E-state index in [0.717, 1.165) is 24.6 Å². The number of hydrazine groups is 1. The molecule has 1 N–H and O–H groups in total. The summed E-state index contributed by atoms with van der Waals surface area (Å²) in [5, 5.41) is 2.22. The van der Waals surface area contributed by atoms with Crippen LogP contribution in [0.2, 0.25) is 0 Å². The Morgan fingerprint density at radius 2 is 2.00 bits per heavy atom. The van der Waals surface area contributed by atoms with Gasteiger partial charge in [-0.05, 0) is 86.3 Å². The van der Waals surface area contributed by atoms with E-state index in [9.17, 15) is 0 Å². The highest BCUT2D eigenvalue weighted by atomic mass is 15.5. The third kappa shape index (κ3) is 4.98. The number of benzene rings is 1. The molecule has 0 amide bonds. The van der Waals surface area contributed by atoms with Crippen molar-refractivity contribution in [1.29, 1.82) is 0 Å². The summed E-state index contributed by atoms with van der Waals surface area (Å²) in [6, 6.07) is 6.78. The van der Waals surface area contributed by atoms with Gasteiger partial charge in [-0.25, -0.2) is 0 Å². The van der Waals surface area contributed by atoms with Crippen LogP contribution in [-0.4, -0.2) is 13.6 Å². The minimum atomic E-state index is 0.703. The van der Waals surface area contributed by atoms with E-state index in [1.807, 2.05) is 6.08 Å². The topological polar surface area (TPSA) is 18.5 Å². The predicted molar refractivity (Wildman–Crippen MR) is 135 cm³/mol. The van der Waals surface area contributed by atoms with E-state index < -0.39 is 0 Å². The molecule has 164 valence electrons. The van der Waals surface area contributed by atoms with Gasteiger partial charge in [0.05, 0.1) is 5.69 Å². The SMILES string of the molecule is C=C/C(=C\C=C(/C)C(=C)N(C)c1ccc2c(c1)C(C1CC1)=CNN2CC)CCC1CC1. The van der Waals surface area contributed by atoms with E-state index in [-0.39, 0.29) is 0 Å². The molecule has 3 aliphatic rings. The zero-order valence-electron chi connectivity index (χ0n) is 19.5. The third-order valence-corrected chi connectivity index (χ3v) is 6.89. The van der Waals surface area contributed by atoms with Crippen molar-refractivity contribution in [3.05, 3.63) is 78.2 Å². The first-order valence-electron chi connectivity index (χ1n) is 11.8. The van der Waals surface area contributed by atoms with Crippen molar-refractivity contribution in [3.8, 4) is 0 Å². The van der Waals surface area contributed by atoms with Gasteiger partial charge < -0.3 is 10.3 Å². The quantitative estimate of drug-likeness (QED) is 0.416. The Morgan fingerprint density at radius 1 is 1.23 bits per heavy atom. The number of hydrogen-bond donors (Lipinski definition) is 1. The van der Waals surface area contributed by atoms with Gasteiger partial charge in [0.2, 0.25) is 0 Å². The Hall–Kier alpha value is -2.68. The molecule has 0 bridgehead atoms. The number of hydrogen-bond acceptors (Lipinski definition) is 3. The van der Waals surface area contributed by atoms with Crippen LogP contribution < -0.4 is 15.3 Å². The molecule has 2 aliphatic carbocycles. The highest BCUT2D eigenvalue weighted by Crippen LogP contribution is 2.46. The van der Waals surface area contributed by atoms with Crippen LogP contribution in [0.4, 0.5) is 11.4 Å². The third-order valence-electron chi connectivity index (χ3n) is 6.89. The molecule has 0 aromatic heterocycles. The number of likely N-dealkylation sites (N-methyl/N-ethyl adjacent to an activating group) is 1. The molecule has 0 unspecified atom stereocenters. The lowest BCUT2D eigenvalue weighted by Crippen LogP contribution is -2.37. The molecular formula is C28H37N3. The van der Waals surface area contributed by atoms with Gasteiger partial charge in [0, 0.05) is 36.7 Å². The summed E-state index contributed by atoms with van der Waals surface area (Å²) < 4.78 is 0. The maximum Gasteiger partial charge on any atom is 0.0648 e. The highest BCUT2D eigenvalue weighted by molar-refractivity contribution is 5.84. The molecule has 1 aromatic rings. The second-order valence-electron chi connectivity index (χ2n) is 9.23. The van der Waals surface area contributed by atoms with Crippen LogP contribution in [-0.2, 0) is 0 Å². The number of fused-ring (bicyclic) bond motifs is 1. The van der Waals surface area contributed by atoms with Crippen molar-refractivity contribution < 1.29 is 0 Å². The molecule has 1 heterocycles. The Bertz CT molecular complexity index is 941. The van der Waals surface area contributed by atoms with Crippen LogP contribution in [0.1, 0.15) is 57.9 Å². The van der Waals surface area contributed by atoms with Crippen molar-refractivity contribution in [2.45, 2.75) is 52.4 Å². The molecule has 0 saturated heterocycles. The van der Waals surface area contributed by atoms with E-state index in [4.69, 9.17) is 0 Å². The Kier molecular flexibility index (Phi) is 6.41. The molecule has 31 heavy (non-hydrogen) atoms. The monoisotopic (exact) mass is 415 g/mol. The van der Waals surface area contributed by atoms with Gasteiger partial charge >= 0.3 is 0 Å². The van der Waals surface area contributed by atoms with E-state index in [1.54, 1.807) is 0 Å². The predicted octanol–water partition coefficient (Wildman–Crippen LogP) is 6.98. The fraction of sp³-hybridized carbons (Fsp3) is 0.429. The minimum Gasteiger partial charge on any atom is -0.345 e. The molecule has 2 saturated carbocycles. The summed E-state index contributed by atoms with van der Waals surface area (Å²) in [4.78, 5) is 2.21. The lowest BCUT2D eigenvalue weighted by molar-refractivity contribution is 0.729. The van der Waals surface area contributed by atoms with Crippen LogP contribution in [0.5, 0.6) is 0 Å². The van der Waals surface area contributed by atoms with Gasteiger partial charge in [0.1, 0.15) is 0 Å². The summed E-state index contributed by atoms with van der Waals surface area (Å²) in [6.07, 6.45) is 16.5. The smallest absolute Gasteiger partial charge is 0.0648 e. The average Bonchev–Trinajstić information content (AvgIpc) is 3.71. The average molecular weight is 416 g/mol. The number of nitrogens with zero attached hydrogens (tertiary/aromatic N) is 2. The van der Waals surface area contributed by atoms with E-state index >= 15 is 0 Å². The summed E-state index contributed by atoms with van der Waals surface area (Å²) in [7, 11) is 2.12. The van der Waals surface area contributed by atoms with Crippen LogP contribution in [0.15, 0.2) is 72.6 Å². The molecule has 0 radical (unpaired) electrons. The lowest BCUT2D eigenvalue weighted by Gasteiger charge is -2.32. The zero-order chi connectivity index (χ0) is 22.0. The minimum absolute atomic E-state index is 0.703. The van der Waals surface area contributed by atoms with Gasteiger partial charge in [-0.2, -0.15) is 0 Å². The van der Waals surface area contributed by atoms with Gasteiger partial charge in [-0.15, -0.1) is 0 Å².